The van der Waals surface area contributed by atoms with Crippen LogP contribution in [0.2, 0.25) is 5.02 Å². The molecule has 27 heavy (non-hydrogen) atoms. The van der Waals surface area contributed by atoms with Crippen molar-refractivity contribution >= 4 is 44.9 Å². The SMILES string of the molecule is COc1ccc(Cl)cc1N(CC(=O)Nc1ccccc1C(=O)[O-])S(C)(=O)=O. The van der Waals surface area contributed by atoms with Crippen LogP contribution in [0.1, 0.15) is 10.4 Å². The maximum atomic E-state index is 12.4. The molecule has 0 spiro atoms. The summed E-state index contributed by atoms with van der Waals surface area (Å²) in [5.41, 5.74) is -0.151. The molecule has 10 heteroatoms. The third-order valence-corrected chi connectivity index (χ3v) is 4.88. The predicted octanol–water partition coefficient (Wildman–Crippen LogP) is 1.12. The molecule has 1 N–H and O–H groups in total. The summed E-state index contributed by atoms with van der Waals surface area (Å²) in [7, 11) is -2.53. The number of sulfonamides is 1. The van der Waals surface area contributed by atoms with Gasteiger partial charge in [-0.15, -0.1) is 0 Å². The number of nitrogens with zero attached hydrogens (tertiary/aromatic N) is 1. The average Bonchev–Trinajstić information content (AvgIpc) is 2.59. The normalized spacial score (nSPS) is 10.9. The molecule has 0 atom stereocenters. The van der Waals surface area contributed by atoms with E-state index in [1.807, 2.05) is 0 Å². The van der Waals surface area contributed by atoms with Gasteiger partial charge in [0, 0.05) is 16.3 Å². The average molecular weight is 412 g/mol. The van der Waals surface area contributed by atoms with Crippen LogP contribution < -0.4 is 19.5 Å². The fraction of sp³-hybridized carbons (Fsp3) is 0.176. The zero-order valence-electron chi connectivity index (χ0n) is 14.4. The maximum absolute atomic E-state index is 12.4. The van der Waals surface area contributed by atoms with E-state index in [9.17, 15) is 23.1 Å². The largest absolute Gasteiger partial charge is 0.545 e. The quantitative estimate of drug-likeness (QED) is 0.729. The van der Waals surface area contributed by atoms with Crippen LogP contribution in [0, 0.1) is 0 Å². The molecule has 0 fully saturated rings. The number of benzene rings is 2. The molecule has 0 aliphatic carbocycles. The van der Waals surface area contributed by atoms with Crippen molar-refractivity contribution in [3.05, 3.63) is 53.1 Å². The van der Waals surface area contributed by atoms with Crippen LogP contribution in [-0.4, -0.2) is 40.2 Å². The van der Waals surface area contributed by atoms with Crippen molar-refractivity contribution in [2.75, 3.05) is 29.5 Å². The third-order valence-electron chi connectivity index (χ3n) is 3.52. The number of carbonyl (C=O) groups excluding carboxylic acids is 2. The molecule has 0 radical (unpaired) electrons. The summed E-state index contributed by atoms with van der Waals surface area (Å²) in [6, 6.07) is 9.97. The highest BCUT2D eigenvalue weighted by Gasteiger charge is 2.24. The van der Waals surface area contributed by atoms with Crippen molar-refractivity contribution in [1.82, 2.24) is 0 Å². The summed E-state index contributed by atoms with van der Waals surface area (Å²) >= 11 is 5.94. The molecular weight excluding hydrogens is 396 g/mol. The van der Waals surface area contributed by atoms with Crippen molar-refractivity contribution in [3.63, 3.8) is 0 Å². The lowest BCUT2D eigenvalue weighted by atomic mass is 10.2. The van der Waals surface area contributed by atoms with E-state index in [4.69, 9.17) is 16.3 Å². The van der Waals surface area contributed by atoms with E-state index in [-0.39, 0.29) is 27.7 Å². The number of carboxylic acids is 1. The van der Waals surface area contributed by atoms with Gasteiger partial charge in [-0.05, 0) is 24.3 Å². The molecule has 0 aliphatic rings. The minimum atomic E-state index is -3.88. The van der Waals surface area contributed by atoms with Gasteiger partial charge in [0.15, 0.2) is 0 Å². The third kappa shape index (κ3) is 5.11. The Labute approximate surface area is 161 Å². The molecule has 8 nitrogen and oxygen atoms in total. The second-order valence-corrected chi connectivity index (χ2v) is 7.81. The molecule has 0 saturated carbocycles. The monoisotopic (exact) mass is 411 g/mol. The number of aromatic carboxylic acids is 1. The zero-order chi connectivity index (χ0) is 20.2. The summed E-state index contributed by atoms with van der Waals surface area (Å²) in [5.74, 6) is -2.02. The van der Waals surface area contributed by atoms with Crippen LogP contribution >= 0.6 is 11.6 Å². The van der Waals surface area contributed by atoms with Crippen molar-refractivity contribution in [1.29, 1.82) is 0 Å². The Morgan fingerprint density at radius 3 is 2.48 bits per heavy atom. The number of rotatable bonds is 7. The Morgan fingerprint density at radius 2 is 1.89 bits per heavy atom. The van der Waals surface area contributed by atoms with Crippen LogP contribution in [0.4, 0.5) is 11.4 Å². The Bertz CT molecular complexity index is 977. The molecule has 1 amide bonds. The van der Waals surface area contributed by atoms with Gasteiger partial charge in [-0.1, -0.05) is 29.8 Å². The number of halogens is 1. The van der Waals surface area contributed by atoms with Crippen molar-refractivity contribution in [2.45, 2.75) is 0 Å². The Kier molecular flexibility index (Phi) is 6.29. The lowest BCUT2D eigenvalue weighted by Gasteiger charge is -2.24. The highest BCUT2D eigenvalue weighted by atomic mass is 35.5. The van der Waals surface area contributed by atoms with E-state index >= 15 is 0 Å². The summed E-state index contributed by atoms with van der Waals surface area (Å²) in [6.45, 7) is -0.614. The number of carboxylic acid groups (broad SMARTS) is 1. The topological polar surface area (TPSA) is 116 Å². The minimum Gasteiger partial charge on any atom is -0.545 e. The first-order valence-electron chi connectivity index (χ1n) is 7.55. The van der Waals surface area contributed by atoms with Crippen LogP contribution in [0.3, 0.4) is 0 Å². The van der Waals surface area contributed by atoms with Crippen molar-refractivity contribution in [3.8, 4) is 5.75 Å². The second kappa shape index (κ2) is 8.28. The van der Waals surface area contributed by atoms with Crippen LogP contribution in [0.15, 0.2) is 42.5 Å². The smallest absolute Gasteiger partial charge is 0.245 e. The molecule has 144 valence electrons. The van der Waals surface area contributed by atoms with Gasteiger partial charge in [0.05, 0.1) is 25.0 Å². The Morgan fingerprint density at radius 1 is 1.22 bits per heavy atom. The molecule has 0 bridgehead atoms. The van der Waals surface area contributed by atoms with Crippen LogP contribution in [0.5, 0.6) is 5.75 Å². The molecule has 0 aliphatic heterocycles. The second-order valence-electron chi connectivity index (χ2n) is 5.47. The Balaban J connectivity index is 2.35. The summed E-state index contributed by atoms with van der Waals surface area (Å²) in [6.07, 6.45) is 0.926. The predicted molar refractivity (Wildman–Crippen MR) is 99.6 cm³/mol. The van der Waals surface area contributed by atoms with Crippen molar-refractivity contribution < 1.29 is 27.9 Å². The molecule has 0 heterocycles. The summed E-state index contributed by atoms with van der Waals surface area (Å²) in [4.78, 5) is 23.5. The number of hydrogen-bond donors (Lipinski definition) is 1. The van der Waals surface area contributed by atoms with E-state index < -0.39 is 28.4 Å². The van der Waals surface area contributed by atoms with Gasteiger partial charge in [0.2, 0.25) is 15.9 Å². The highest BCUT2D eigenvalue weighted by Crippen LogP contribution is 2.32. The van der Waals surface area contributed by atoms with Gasteiger partial charge in [0.25, 0.3) is 0 Å². The summed E-state index contributed by atoms with van der Waals surface area (Å²) < 4.78 is 30.4. The fourth-order valence-electron chi connectivity index (χ4n) is 2.33. The first-order valence-corrected chi connectivity index (χ1v) is 9.77. The van der Waals surface area contributed by atoms with Crippen molar-refractivity contribution in [2.24, 2.45) is 0 Å². The number of amides is 1. The molecule has 2 rings (SSSR count). The van der Waals surface area contributed by atoms with Gasteiger partial charge in [-0.25, -0.2) is 8.42 Å². The molecule has 0 saturated heterocycles. The number of nitrogens with one attached hydrogen (secondary N) is 1. The zero-order valence-corrected chi connectivity index (χ0v) is 16.0. The van der Waals surface area contributed by atoms with Gasteiger partial charge in [-0.2, -0.15) is 0 Å². The number of methoxy groups -OCH3 is 1. The standard InChI is InChI=1S/C17H17ClN2O6S/c1-26-15-8-7-11(18)9-14(15)20(27(2,24)25)10-16(21)19-13-6-4-3-5-12(13)17(22)23/h3-9H,10H2,1-2H3,(H,19,21)(H,22,23)/p-1. The van der Waals surface area contributed by atoms with E-state index in [2.05, 4.69) is 5.32 Å². The van der Waals surface area contributed by atoms with E-state index in [0.29, 0.717) is 0 Å². The number of para-hydroxylation sites is 1. The van der Waals surface area contributed by atoms with E-state index in [1.54, 1.807) is 0 Å². The number of anilines is 2. The number of hydrogen-bond acceptors (Lipinski definition) is 6. The first-order chi connectivity index (χ1) is 12.6. The number of carbonyl (C=O) groups is 2. The van der Waals surface area contributed by atoms with E-state index in [0.717, 1.165) is 10.6 Å². The molecular formula is C17H16ClN2O6S-. The maximum Gasteiger partial charge on any atom is 0.245 e. The molecule has 0 unspecified atom stereocenters. The molecule has 2 aromatic rings. The lowest BCUT2D eigenvalue weighted by molar-refractivity contribution is -0.254. The van der Waals surface area contributed by atoms with E-state index in [1.165, 1.54) is 49.6 Å². The van der Waals surface area contributed by atoms with Crippen LogP contribution in [0.25, 0.3) is 0 Å². The first kappa shape index (κ1) is 20.5. The van der Waals surface area contributed by atoms with Gasteiger partial charge in [0.1, 0.15) is 12.3 Å². The van der Waals surface area contributed by atoms with Gasteiger partial charge in [-0.3, -0.25) is 9.10 Å². The highest BCUT2D eigenvalue weighted by molar-refractivity contribution is 7.92. The fourth-order valence-corrected chi connectivity index (χ4v) is 3.35. The van der Waals surface area contributed by atoms with Gasteiger partial charge >= 0.3 is 0 Å². The van der Waals surface area contributed by atoms with Crippen LogP contribution in [-0.2, 0) is 14.8 Å². The Hall–Kier alpha value is -2.78. The summed E-state index contributed by atoms with van der Waals surface area (Å²) in [5, 5.41) is 13.8. The lowest BCUT2D eigenvalue weighted by Crippen LogP contribution is -2.38. The molecule has 0 aromatic heterocycles. The molecule has 2 aromatic carbocycles. The minimum absolute atomic E-state index is 0.00555. The number of ether oxygens (including phenoxy) is 1. The van der Waals surface area contributed by atoms with Gasteiger partial charge < -0.3 is 20.0 Å².